The molecule has 2 amide bonds. The molecule has 0 bridgehead atoms. The van der Waals surface area contributed by atoms with E-state index in [0.717, 1.165) is 0 Å². The molecule has 0 spiro atoms. The van der Waals surface area contributed by atoms with E-state index in [1.165, 1.54) is 6.07 Å². The lowest BCUT2D eigenvalue weighted by Gasteiger charge is -2.12. The Morgan fingerprint density at radius 3 is 2.56 bits per heavy atom. The van der Waals surface area contributed by atoms with Crippen LogP contribution in [0.1, 0.15) is 13.3 Å². The number of urea groups is 1. The van der Waals surface area contributed by atoms with Gasteiger partial charge in [0.2, 0.25) is 0 Å². The number of carboxylic acid groups (broad SMARTS) is 1. The van der Waals surface area contributed by atoms with Crippen molar-refractivity contribution in [2.45, 2.75) is 19.4 Å². The topological polar surface area (TPSA) is 78.4 Å². The molecule has 0 aliphatic rings. The fourth-order valence-corrected chi connectivity index (χ4v) is 1.58. The van der Waals surface area contributed by atoms with Crippen molar-refractivity contribution in [3.63, 3.8) is 0 Å². The number of nitrogens with one attached hydrogen (secondary N) is 2. The molecule has 1 aromatic carbocycles. The minimum atomic E-state index is -0.975. The number of halogens is 2. The van der Waals surface area contributed by atoms with E-state index in [-0.39, 0.29) is 6.42 Å². The number of amides is 2. The number of benzene rings is 1. The number of rotatable bonds is 4. The Hall–Kier alpha value is -1.46. The normalized spacial score (nSPS) is 11.7. The monoisotopic (exact) mass is 290 g/mol. The van der Waals surface area contributed by atoms with Crippen molar-refractivity contribution >= 4 is 40.9 Å². The minimum Gasteiger partial charge on any atom is -0.481 e. The summed E-state index contributed by atoms with van der Waals surface area (Å²) in [6.07, 6.45) is -0.144. The standard InChI is InChI=1S/C11H12Cl2N2O3/c1-6(4-10(16)17)14-11(18)15-7-2-3-8(12)9(13)5-7/h2-3,5-6H,4H2,1H3,(H,16,17)(H2,14,15,18). The molecule has 3 N–H and O–H groups in total. The van der Waals surface area contributed by atoms with Crippen molar-refractivity contribution in [2.75, 3.05) is 5.32 Å². The number of hydrogen-bond donors (Lipinski definition) is 3. The Kier molecular flexibility index (Phi) is 5.25. The van der Waals surface area contributed by atoms with Gasteiger partial charge >= 0.3 is 12.0 Å². The van der Waals surface area contributed by atoms with Crippen LogP contribution in [0.4, 0.5) is 10.5 Å². The molecule has 1 aromatic rings. The SMILES string of the molecule is CC(CC(=O)O)NC(=O)Nc1ccc(Cl)c(Cl)c1. The lowest BCUT2D eigenvalue weighted by atomic mass is 10.2. The first-order chi connectivity index (χ1) is 8.38. The number of aliphatic carboxylic acids is 1. The van der Waals surface area contributed by atoms with Crippen LogP contribution in [0.3, 0.4) is 0 Å². The third kappa shape index (κ3) is 4.81. The minimum absolute atomic E-state index is 0.144. The molecule has 1 rings (SSSR count). The molecule has 0 saturated heterocycles. The van der Waals surface area contributed by atoms with E-state index in [1.807, 2.05) is 0 Å². The summed E-state index contributed by atoms with van der Waals surface area (Å²) in [6.45, 7) is 1.60. The van der Waals surface area contributed by atoms with Gasteiger partial charge in [-0.1, -0.05) is 23.2 Å². The van der Waals surface area contributed by atoms with Crippen LogP contribution in [0.5, 0.6) is 0 Å². The zero-order valence-corrected chi connectivity index (χ0v) is 11.0. The van der Waals surface area contributed by atoms with Crippen LogP contribution >= 0.6 is 23.2 Å². The third-order valence-corrected chi connectivity index (χ3v) is 2.77. The van der Waals surface area contributed by atoms with Crippen LogP contribution in [0.2, 0.25) is 10.0 Å². The van der Waals surface area contributed by atoms with Crippen molar-refractivity contribution in [1.82, 2.24) is 5.32 Å². The Morgan fingerprint density at radius 2 is 2.00 bits per heavy atom. The first-order valence-corrected chi connectivity index (χ1v) is 5.88. The number of carboxylic acids is 1. The van der Waals surface area contributed by atoms with Gasteiger partial charge in [-0.2, -0.15) is 0 Å². The van der Waals surface area contributed by atoms with Crippen molar-refractivity contribution in [2.24, 2.45) is 0 Å². The highest BCUT2D eigenvalue weighted by atomic mass is 35.5. The molecule has 7 heteroatoms. The van der Waals surface area contributed by atoms with Crippen LogP contribution < -0.4 is 10.6 Å². The second-order valence-corrected chi connectivity index (χ2v) is 4.54. The lowest BCUT2D eigenvalue weighted by Crippen LogP contribution is -2.37. The van der Waals surface area contributed by atoms with Crippen LogP contribution in [0.15, 0.2) is 18.2 Å². The molecule has 1 unspecified atom stereocenters. The summed E-state index contributed by atoms with van der Waals surface area (Å²) in [5.74, 6) is -0.975. The maximum atomic E-state index is 11.5. The predicted octanol–water partition coefficient (Wildman–Crippen LogP) is 2.98. The number of carbonyl (C=O) groups is 2. The molecule has 5 nitrogen and oxygen atoms in total. The summed E-state index contributed by atoms with van der Waals surface area (Å²) in [4.78, 5) is 21.9. The van der Waals surface area contributed by atoms with E-state index in [2.05, 4.69) is 10.6 Å². The van der Waals surface area contributed by atoms with E-state index >= 15 is 0 Å². The third-order valence-electron chi connectivity index (χ3n) is 2.04. The summed E-state index contributed by atoms with van der Waals surface area (Å²) in [7, 11) is 0. The molecule has 98 valence electrons. The second kappa shape index (κ2) is 6.47. The molecule has 0 radical (unpaired) electrons. The quantitative estimate of drug-likeness (QED) is 0.798. The van der Waals surface area contributed by atoms with E-state index in [0.29, 0.717) is 15.7 Å². The summed E-state index contributed by atoms with van der Waals surface area (Å²) in [5.41, 5.74) is 0.476. The lowest BCUT2D eigenvalue weighted by molar-refractivity contribution is -0.137. The maximum Gasteiger partial charge on any atom is 0.319 e. The molecule has 1 atom stereocenters. The van der Waals surface area contributed by atoms with Gasteiger partial charge in [-0.05, 0) is 25.1 Å². The van der Waals surface area contributed by atoms with Gasteiger partial charge in [-0.25, -0.2) is 4.79 Å². The average molecular weight is 291 g/mol. The second-order valence-electron chi connectivity index (χ2n) is 3.73. The van der Waals surface area contributed by atoms with Crippen LogP contribution in [-0.4, -0.2) is 23.1 Å². The van der Waals surface area contributed by atoms with E-state index in [9.17, 15) is 9.59 Å². The van der Waals surface area contributed by atoms with Gasteiger partial charge in [0.05, 0.1) is 16.5 Å². The number of anilines is 1. The molecule has 0 aliphatic carbocycles. The molecular formula is C11H12Cl2N2O3. The molecule has 0 heterocycles. The first kappa shape index (κ1) is 14.6. The highest BCUT2D eigenvalue weighted by Gasteiger charge is 2.11. The van der Waals surface area contributed by atoms with Crippen LogP contribution in [0.25, 0.3) is 0 Å². The van der Waals surface area contributed by atoms with Gasteiger partial charge in [0.15, 0.2) is 0 Å². The van der Waals surface area contributed by atoms with Gasteiger partial charge in [0.1, 0.15) is 0 Å². The van der Waals surface area contributed by atoms with Gasteiger partial charge in [-0.3, -0.25) is 4.79 Å². The van der Waals surface area contributed by atoms with Crippen molar-refractivity contribution in [3.05, 3.63) is 28.2 Å². The summed E-state index contributed by atoms with van der Waals surface area (Å²) >= 11 is 11.5. The summed E-state index contributed by atoms with van der Waals surface area (Å²) in [5, 5.41) is 14.3. The highest BCUT2D eigenvalue weighted by Crippen LogP contribution is 2.24. The Labute approximate surface area is 114 Å². The number of hydrogen-bond acceptors (Lipinski definition) is 2. The smallest absolute Gasteiger partial charge is 0.319 e. The fraction of sp³-hybridized carbons (Fsp3) is 0.273. The highest BCUT2D eigenvalue weighted by molar-refractivity contribution is 6.42. The molecule has 0 aromatic heterocycles. The zero-order valence-electron chi connectivity index (χ0n) is 9.54. The molecule has 0 aliphatic heterocycles. The van der Waals surface area contributed by atoms with E-state index < -0.39 is 18.0 Å². The average Bonchev–Trinajstić information content (AvgIpc) is 2.21. The Bertz CT molecular complexity index is 466. The summed E-state index contributed by atoms with van der Waals surface area (Å²) in [6, 6.07) is 3.69. The maximum absolute atomic E-state index is 11.5. The van der Waals surface area contributed by atoms with Crippen molar-refractivity contribution in [3.8, 4) is 0 Å². The van der Waals surface area contributed by atoms with Crippen molar-refractivity contribution in [1.29, 1.82) is 0 Å². The molecule has 0 fully saturated rings. The molecule has 0 saturated carbocycles. The predicted molar refractivity (Wildman–Crippen MR) is 70.3 cm³/mol. The largest absolute Gasteiger partial charge is 0.481 e. The Morgan fingerprint density at radius 1 is 1.33 bits per heavy atom. The number of carbonyl (C=O) groups excluding carboxylic acids is 1. The van der Waals surface area contributed by atoms with E-state index in [4.69, 9.17) is 28.3 Å². The molecular weight excluding hydrogens is 279 g/mol. The Balaban J connectivity index is 2.54. The van der Waals surface area contributed by atoms with Crippen LogP contribution in [0, 0.1) is 0 Å². The van der Waals surface area contributed by atoms with Crippen LogP contribution in [-0.2, 0) is 4.79 Å². The van der Waals surface area contributed by atoms with Gasteiger partial charge < -0.3 is 15.7 Å². The zero-order chi connectivity index (χ0) is 13.7. The fourth-order valence-electron chi connectivity index (χ4n) is 1.28. The first-order valence-electron chi connectivity index (χ1n) is 5.13. The van der Waals surface area contributed by atoms with E-state index in [1.54, 1.807) is 19.1 Å². The van der Waals surface area contributed by atoms with Gasteiger partial charge in [0.25, 0.3) is 0 Å². The summed E-state index contributed by atoms with van der Waals surface area (Å²) < 4.78 is 0. The van der Waals surface area contributed by atoms with Crippen molar-refractivity contribution < 1.29 is 14.7 Å². The molecule has 18 heavy (non-hydrogen) atoms. The van der Waals surface area contributed by atoms with Gasteiger partial charge in [-0.15, -0.1) is 0 Å². The van der Waals surface area contributed by atoms with Gasteiger partial charge in [0, 0.05) is 11.7 Å².